The zero-order valence-corrected chi connectivity index (χ0v) is 21.1. The zero-order chi connectivity index (χ0) is 29.0. The number of esters is 1. The average Bonchev–Trinajstić information content (AvgIpc) is 2.95. The molecule has 0 spiro atoms. The Kier molecular flexibility index (Phi) is 8.23. The third-order valence-corrected chi connectivity index (χ3v) is 6.08. The van der Waals surface area contributed by atoms with Gasteiger partial charge in [-0.2, -0.15) is 13.2 Å². The largest absolute Gasteiger partial charge is 0.450 e. The Morgan fingerprint density at radius 2 is 1.45 bits per heavy atom. The van der Waals surface area contributed by atoms with Crippen LogP contribution in [0.5, 0.6) is 0 Å². The number of nitrogens with zero attached hydrogens (tertiary/aromatic N) is 1. The molecule has 0 aliphatic heterocycles. The molecule has 40 heavy (non-hydrogen) atoms. The second-order valence-electron chi connectivity index (χ2n) is 8.80. The van der Waals surface area contributed by atoms with Crippen LogP contribution in [0, 0.1) is 6.92 Å². The van der Waals surface area contributed by atoms with Crippen LogP contribution in [-0.2, 0) is 10.9 Å². The minimum absolute atomic E-state index is 0.0189. The minimum atomic E-state index is -5.27. The number of benzene rings is 3. The summed E-state index contributed by atoms with van der Waals surface area (Å²) >= 11 is 0. The maximum absolute atomic E-state index is 14.5. The first-order valence-corrected chi connectivity index (χ1v) is 12.0. The highest BCUT2D eigenvalue weighted by atomic mass is 19.4. The Morgan fingerprint density at radius 3 is 1.98 bits per heavy atom. The van der Waals surface area contributed by atoms with Crippen molar-refractivity contribution in [3.63, 3.8) is 0 Å². The maximum Gasteiger partial charge on any atom is 0.434 e. The Labute approximate surface area is 226 Å². The van der Waals surface area contributed by atoms with Crippen LogP contribution < -0.4 is 0 Å². The molecule has 0 saturated carbocycles. The molecule has 0 radical (unpaired) electrons. The summed E-state index contributed by atoms with van der Waals surface area (Å²) in [5.74, 6) is -2.02. The minimum Gasteiger partial charge on any atom is -0.450 e. The summed E-state index contributed by atoms with van der Waals surface area (Å²) in [4.78, 5) is 29.9. The Balaban J connectivity index is 2.09. The number of pyridine rings is 1. The van der Waals surface area contributed by atoms with E-state index >= 15 is 0 Å². The molecule has 3 aromatic carbocycles. The molecule has 1 aromatic heterocycles. The van der Waals surface area contributed by atoms with Crippen LogP contribution in [-0.4, -0.2) is 16.7 Å². The van der Waals surface area contributed by atoms with Gasteiger partial charge in [0.2, 0.25) is 0 Å². The number of carbonyl (C=O) groups is 2. The summed E-state index contributed by atoms with van der Waals surface area (Å²) in [5, 5.41) is 0. The highest BCUT2D eigenvalue weighted by Crippen LogP contribution is 2.45. The molecule has 0 aliphatic rings. The fourth-order valence-electron chi connectivity index (χ4n) is 4.23. The Morgan fingerprint density at radius 1 is 0.875 bits per heavy atom. The second-order valence-corrected chi connectivity index (χ2v) is 8.80. The number of halogens is 5. The lowest BCUT2D eigenvalue weighted by molar-refractivity contribution is -0.141. The van der Waals surface area contributed by atoms with Crippen molar-refractivity contribution >= 4 is 11.8 Å². The number of aryl methyl sites for hydroxylation is 1. The predicted molar refractivity (Wildman–Crippen MR) is 139 cm³/mol. The van der Waals surface area contributed by atoms with E-state index in [1.54, 1.807) is 43.3 Å². The van der Waals surface area contributed by atoms with Gasteiger partial charge >= 0.3 is 12.1 Å². The van der Waals surface area contributed by atoms with Gasteiger partial charge in [0, 0.05) is 16.7 Å². The molecule has 4 nitrogen and oxygen atoms in total. The van der Waals surface area contributed by atoms with Crippen molar-refractivity contribution < 1.29 is 36.3 Å². The number of hydrogen-bond acceptors (Lipinski definition) is 4. The predicted octanol–water partition coefficient (Wildman–Crippen LogP) is 8.33. The number of rotatable bonds is 8. The third-order valence-electron chi connectivity index (χ3n) is 6.08. The number of ether oxygens (including phenoxy) is 1. The number of carbonyl (C=O) groups excluding carboxylic acids is 2. The normalized spacial score (nSPS) is 12.2. The highest BCUT2D eigenvalue weighted by molar-refractivity contribution is 6.14. The molecule has 4 rings (SSSR count). The van der Waals surface area contributed by atoms with Gasteiger partial charge < -0.3 is 4.74 Å². The van der Waals surface area contributed by atoms with E-state index in [4.69, 9.17) is 4.74 Å². The molecule has 1 atom stereocenters. The summed E-state index contributed by atoms with van der Waals surface area (Å²) in [6.45, 7) is 5.31. The average molecular weight is 552 g/mol. The van der Waals surface area contributed by atoms with Crippen LogP contribution in [0.1, 0.15) is 61.3 Å². The summed E-state index contributed by atoms with van der Waals surface area (Å²) < 4.78 is 77.6. The van der Waals surface area contributed by atoms with E-state index in [-0.39, 0.29) is 16.7 Å². The number of ketones is 1. The summed E-state index contributed by atoms with van der Waals surface area (Å²) in [5.41, 5.74) is -4.30. The summed E-state index contributed by atoms with van der Waals surface area (Å²) in [6.07, 6.45) is -9.46. The monoisotopic (exact) mass is 551 g/mol. The van der Waals surface area contributed by atoms with Gasteiger partial charge in [-0.05, 0) is 30.7 Å². The molecule has 1 heterocycles. The molecule has 0 saturated heterocycles. The fraction of sp³-hybridized carbons (Fsp3) is 0.129. The van der Waals surface area contributed by atoms with E-state index in [1.807, 2.05) is 0 Å². The molecule has 0 amide bonds. The van der Waals surface area contributed by atoms with Crippen molar-refractivity contribution in [3.05, 3.63) is 137 Å². The fourth-order valence-corrected chi connectivity index (χ4v) is 4.23. The first kappa shape index (κ1) is 28.4. The van der Waals surface area contributed by atoms with Gasteiger partial charge in [0.25, 0.3) is 6.43 Å². The lowest BCUT2D eigenvalue weighted by Crippen LogP contribution is -2.23. The third kappa shape index (κ3) is 5.83. The molecule has 0 bridgehead atoms. The van der Waals surface area contributed by atoms with Crippen molar-refractivity contribution in [3.8, 4) is 11.1 Å². The standard InChI is InChI=1S/C31H22F5NO3/c1-3-22(40-30(39)21-12-8-5-9-13-21)24-23(19-10-6-4-7-11-19)25(27(38)20-16-14-18(2)15-17-20)28(31(34,35)36)37-26(24)29(32)33/h3-17,22,29H,1H2,2H3. The number of hydrogen-bond donors (Lipinski definition) is 0. The molecule has 0 fully saturated rings. The van der Waals surface area contributed by atoms with Gasteiger partial charge in [-0.15, -0.1) is 0 Å². The van der Waals surface area contributed by atoms with Crippen LogP contribution >= 0.6 is 0 Å². The zero-order valence-electron chi connectivity index (χ0n) is 21.1. The first-order valence-electron chi connectivity index (χ1n) is 12.0. The van der Waals surface area contributed by atoms with E-state index in [1.165, 1.54) is 48.5 Å². The smallest absolute Gasteiger partial charge is 0.434 e. The van der Waals surface area contributed by atoms with Gasteiger partial charge in [-0.3, -0.25) is 4.79 Å². The maximum atomic E-state index is 14.5. The summed E-state index contributed by atoms with van der Waals surface area (Å²) in [6, 6.07) is 20.6. The lowest BCUT2D eigenvalue weighted by atomic mass is 9.85. The molecule has 9 heteroatoms. The van der Waals surface area contributed by atoms with Crippen LogP contribution in [0.4, 0.5) is 22.0 Å². The van der Waals surface area contributed by atoms with Crippen molar-refractivity contribution in [2.24, 2.45) is 0 Å². The number of alkyl halides is 5. The molecule has 0 aliphatic carbocycles. The van der Waals surface area contributed by atoms with Crippen LogP contribution in [0.25, 0.3) is 11.1 Å². The van der Waals surface area contributed by atoms with Crippen LogP contribution in [0.15, 0.2) is 97.6 Å². The van der Waals surface area contributed by atoms with Gasteiger partial charge in [0.15, 0.2) is 11.5 Å². The molecule has 1 unspecified atom stereocenters. The van der Waals surface area contributed by atoms with Crippen LogP contribution in [0.2, 0.25) is 0 Å². The van der Waals surface area contributed by atoms with E-state index in [0.29, 0.717) is 0 Å². The highest BCUT2D eigenvalue weighted by Gasteiger charge is 2.43. The summed E-state index contributed by atoms with van der Waals surface area (Å²) in [7, 11) is 0. The van der Waals surface area contributed by atoms with E-state index in [0.717, 1.165) is 11.6 Å². The Bertz CT molecular complexity index is 1530. The van der Waals surface area contributed by atoms with E-state index in [9.17, 15) is 31.5 Å². The van der Waals surface area contributed by atoms with Gasteiger partial charge in [-0.25, -0.2) is 18.6 Å². The van der Waals surface area contributed by atoms with E-state index in [2.05, 4.69) is 11.6 Å². The second kappa shape index (κ2) is 11.6. The first-order chi connectivity index (χ1) is 19.0. The van der Waals surface area contributed by atoms with Gasteiger partial charge in [0.1, 0.15) is 11.8 Å². The van der Waals surface area contributed by atoms with E-state index < -0.39 is 58.5 Å². The van der Waals surface area contributed by atoms with Crippen molar-refractivity contribution in [2.75, 3.05) is 0 Å². The molecule has 0 N–H and O–H groups in total. The SMILES string of the molecule is C=CC(OC(=O)c1ccccc1)c1c(C(F)F)nc(C(F)(F)F)c(C(=O)c2ccc(C)cc2)c1-c1ccccc1. The quantitative estimate of drug-likeness (QED) is 0.0956. The van der Waals surface area contributed by atoms with Crippen LogP contribution in [0.3, 0.4) is 0 Å². The van der Waals surface area contributed by atoms with Gasteiger partial charge in [0.05, 0.1) is 11.1 Å². The number of aromatic nitrogens is 1. The lowest BCUT2D eigenvalue weighted by Gasteiger charge is -2.25. The molecular formula is C31H22F5NO3. The molecular weight excluding hydrogens is 529 g/mol. The molecule has 204 valence electrons. The van der Waals surface area contributed by atoms with Gasteiger partial charge in [-0.1, -0.05) is 84.9 Å². The van der Waals surface area contributed by atoms with Crippen molar-refractivity contribution in [2.45, 2.75) is 25.6 Å². The molecule has 4 aromatic rings. The Hall–Kier alpha value is -4.66. The van der Waals surface area contributed by atoms with Crippen molar-refractivity contribution in [1.29, 1.82) is 0 Å². The topological polar surface area (TPSA) is 56.3 Å². The van der Waals surface area contributed by atoms with Crippen molar-refractivity contribution in [1.82, 2.24) is 4.98 Å².